The van der Waals surface area contributed by atoms with Crippen LogP contribution < -0.4 is 5.73 Å². The van der Waals surface area contributed by atoms with E-state index in [2.05, 4.69) is 11.1 Å². The quantitative estimate of drug-likeness (QED) is 0.907. The fraction of sp³-hybridized carbons (Fsp3) is 0.286. The van der Waals surface area contributed by atoms with Gasteiger partial charge in [-0.15, -0.1) is 11.3 Å². The lowest BCUT2D eigenvalue weighted by atomic mass is 10.2. The third-order valence-corrected chi connectivity index (χ3v) is 3.83. The summed E-state index contributed by atoms with van der Waals surface area (Å²) in [5.41, 5.74) is 6.91. The van der Waals surface area contributed by atoms with E-state index in [9.17, 15) is 4.79 Å². The van der Waals surface area contributed by atoms with Crippen LogP contribution in [0.4, 0.5) is 0 Å². The topological polar surface area (TPSA) is 59.2 Å². The lowest BCUT2D eigenvalue weighted by Crippen LogP contribution is -2.28. The second-order valence-corrected chi connectivity index (χ2v) is 5.33. The molecule has 0 radical (unpaired) electrons. The van der Waals surface area contributed by atoms with Gasteiger partial charge in [0.2, 0.25) is 0 Å². The van der Waals surface area contributed by atoms with Crippen molar-refractivity contribution in [3.05, 3.63) is 52.0 Å². The van der Waals surface area contributed by atoms with Crippen LogP contribution in [0.3, 0.4) is 0 Å². The molecule has 0 saturated carbocycles. The molecule has 19 heavy (non-hydrogen) atoms. The van der Waals surface area contributed by atoms with Crippen LogP contribution in [-0.4, -0.2) is 29.4 Å². The minimum Gasteiger partial charge on any atom is -0.341 e. The van der Waals surface area contributed by atoms with Crippen molar-refractivity contribution in [1.82, 2.24) is 9.88 Å². The molecular formula is C14H17N3OS. The van der Waals surface area contributed by atoms with Crippen LogP contribution in [0.15, 0.2) is 35.8 Å². The molecule has 4 nitrogen and oxygen atoms in total. The van der Waals surface area contributed by atoms with E-state index in [1.165, 1.54) is 4.88 Å². The molecule has 0 spiro atoms. The van der Waals surface area contributed by atoms with Crippen LogP contribution in [0, 0.1) is 0 Å². The fourth-order valence-electron chi connectivity index (χ4n) is 1.78. The predicted molar refractivity (Wildman–Crippen MR) is 77.1 cm³/mol. The minimum atomic E-state index is 0.00801. The number of carbonyl (C=O) groups excluding carboxylic acids is 1. The van der Waals surface area contributed by atoms with Gasteiger partial charge in [-0.25, -0.2) is 0 Å². The molecule has 2 heterocycles. The SMILES string of the molecule is CN(CCc1cccs1)C(=O)c1ccnc(CN)c1. The van der Waals surface area contributed by atoms with E-state index in [4.69, 9.17) is 5.73 Å². The monoisotopic (exact) mass is 275 g/mol. The first-order valence-electron chi connectivity index (χ1n) is 6.13. The number of thiophene rings is 1. The molecule has 2 aromatic heterocycles. The Morgan fingerprint density at radius 2 is 2.32 bits per heavy atom. The van der Waals surface area contributed by atoms with E-state index >= 15 is 0 Å². The van der Waals surface area contributed by atoms with Crippen LogP contribution in [0.2, 0.25) is 0 Å². The van der Waals surface area contributed by atoms with Crippen LogP contribution in [0.25, 0.3) is 0 Å². The van der Waals surface area contributed by atoms with Crippen molar-refractivity contribution in [1.29, 1.82) is 0 Å². The summed E-state index contributed by atoms with van der Waals surface area (Å²) in [6.07, 6.45) is 2.51. The number of nitrogens with two attached hydrogens (primary N) is 1. The summed E-state index contributed by atoms with van der Waals surface area (Å²) >= 11 is 1.71. The Morgan fingerprint density at radius 1 is 1.47 bits per heavy atom. The molecule has 5 heteroatoms. The predicted octanol–water partition coefficient (Wildman–Crippen LogP) is 1.92. The second kappa shape index (κ2) is 6.45. The third kappa shape index (κ3) is 3.62. The molecule has 2 rings (SSSR count). The van der Waals surface area contributed by atoms with Gasteiger partial charge in [-0.3, -0.25) is 9.78 Å². The number of aromatic nitrogens is 1. The highest BCUT2D eigenvalue weighted by atomic mass is 32.1. The van der Waals surface area contributed by atoms with Gasteiger partial charge >= 0.3 is 0 Å². The molecule has 0 aliphatic rings. The average molecular weight is 275 g/mol. The minimum absolute atomic E-state index is 0.00801. The Bertz CT molecular complexity index is 539. The highest BCUT2D eigenvalue weighted by Gasteiger charge is 2.12. The van der Waals surface area contributed by atoms with Gasteiger partial charge in [-0.1, -0.05) is 6.07 Å². The van der Waals surface area contributed by atoms with Crippen molar-refractivity contribution in [2.24, 2.45) is 5.73 Å². The normalized spacial score (nSPS) is 10.4. The van der Waals surface area contributed by atoms with Crippen molar-refractivity contribution in [3.63, 3.8) is 0 Å². The van der Waals surface area contributed by atoms with Gasteiger partial charge in [0, 0.05) is 36.8 Å². The average Bonchev–Trinajstić information content (AvgIpc) is 2.97. The molecule has 0 aromatic carbocycles. The van der Waals surface area contributed by atoms with Crippen LogP contribution in [0.5, 0.6) is 0 Å². The van der Waals surface area contributed by atoms with Crippen LogP contribution >= 0.6 is 11.3 Å². The fourth-order valence-corrected chi connectivity index (χ4v) is 2.48. The Hall–Kier alpha value is -1.72. The molecule has 100 valence electrons. The highest BCUT2D eigenvalue weighted by Crippen LogP contribution is 2.11. The summed E-state index contributed by atoms with van der Waals surface area (Å²) in [7, 11) is 1.82. The summed E-state index contributed by atoms with van der Waals surface area (Å²) in [6, 6.07) is 7.59. The number of amides is 1. The van der Waals surface area contributed by atoms with Crippen molar-refractivity contribution >= 4 is 17.2 Å². The number of hydrogen-bond donors (Lipinski definition) is 1. The van der Waals surface area contributed by atoms with E-state index in [0.29, 0.717) is 18.7 Å². The molecule has 0 aliphatic heterocycles. The molecule has 0 fully saturated rings. The first-order valence-corrected chi connectivity index (χ1v) is 7.01. The van der Waals surface area contributed by atoms with Gasteiger partial charge in [0.1, 0.15) is 0 Å². The smallest absolute Gasteiger partial charge is 0.253 e. The van der Waals surface area contributed by atoms with Gasteiger partial charge in [-0.2, -0.15) is 0 Å². The molecule has 0 aliphatic carbocycles. The summed E-state index contributed by atoms with van der Waals surface area (Å²) in [6.45, 7) is 1.06. The summed E-state index contributed by atoms with van der Waals surface area (Å²) in [4.78, 5) is 19.3. The molecule has 2 N–H and O–H groups in total. The Labute approximate surface area is 116 Å². The first-order chi connectivity index (χ1) is 9.20. The summed E-state index contributed by atoms with van der Waals surface area (Å²) in [5, 5.41) is 2.05. The zero-order valence-electron chi connectivity index (χ0n) is 10.9. The zero-order chi connectivity index (χ0) is 13.7. The number of hydrogen-bond acceptors (Lipinski definition) is 4. The number of pyridine rings is 1. The van der Waals surface area contributed by atoms with E-state index < -0.39 is 0 Å². The lowest BCUT2D eigenvalue weighted by Gasteiger charge is -2.17. The van der Waals surface area contributed by atoms with Crippen molar-refractivity contribution < 1.29 is 4.79 Å². The summed E-state index contributed by atoms with van der Waals surface area (Å²) < 4.78 is 0. The van der Waals surface area contributed by atoms with Gasteiger partial charge in [0.15, 0.2) is 0 Å². The van der Waals surface area contributed by atoms with Gasteiger partial charge in [0.05, 0.1) is 5.69 Å². The molecular weight excluding hydrogens is 258 g/mol. The van der Waals surface area contributed by atoms with Gasteiger partial charge in [-0.05, 0) is 30.0 Å². The van der Waals surface area contributed by atoms with Crippen molar-refractivity contribution in [3.8, 4) is 0 Å². The highest BCUT2D eigenvalue weighted by molar-refractivity contribution is 7.09. The molecule has 0 bridgehead atoms. The van der Waals surface area contributed by atoms with E-state index in [0.717, 1.165) is 12.1 Å². The Kier molecular flexibility index (Phi) is 4.65. The standard InChI is InChI=1S/C14H17N3OS/c1-17(7-5-13-3-2-8-19-13)14(18)11-4-6-16-12(9-11)10-15/h2-4,6,8-9H,5,7,10,15H2,1H3. The number of likely N-dealkylation sites (N-methyl/N-ethyl adjacent to an activating group) is 1. The molecule has 0 atom stereocenters. The molecule has 2 aromatic rings. The molecule has 0 unspecified atom stereocenters. The lowest BCUT2D eigenvalue weighted by molar-refractivity contribution is 0.0796. The van der Waals surface area contributed by atoms with E-state index in [-0.39, 0.29) is 5.91 Å². The van der Waals surface area contributed by atoms with Gasteiger partial charge < -0.3 is 10.6 Å². The maximum atomic E-state index is 12.2. The van der Waals surface area contributed by atoms with Gasteiger partial charge in [0.25, 0.3) is 5.91 Å². The summed E-state index contributed by atoms with van der Waals surface area (Å²) in [5.74, 6) is 0.00801. The maximum absolute atomic E-state index is 12.2. The van der Waals surface area contributed by atoms with Crippen LogP contribution in [0.1, 0.15) is 20.9 Å². The Morgan fingerprint density at radius 3 is 3.00 bits per heavy atom. The number of rotatable bonds is 5. The Balaban J connectivity index is 1.97. The van der Waals surface area contributed by atoms with E-state index in [1.54, 1.807) is 34.6 Å². The maximum Gasteiger partial charge on any atom is 0.253 e. The first kappa shape index (κ1) is 13.7. The van der Waals surface area contributed by atoms with E-state index in [1.807, 2.05) is 18.5 Å². The van der Waals surface area contributed by atoms with Crippen molar-refractivity contribution in [2.45, 2.75) is 13.0 Å². The molecule has 0 saturated heterocycles. The largest absolute Gasteiger partial charge is 0.341 e. The van der Waals surface area contributed by atoms with Crippen LogP contribution in [-0.2, 0) is 13.0 Å². The second-order valence-electron chi connectivity index (χ2n) is 4.30. The third-order valence-electron chi connectivity index (χ3n) is 2.89. The molecule has 1 amide bonds. The van der Waals surface area contributed by atoms with Crippen molar-refractivity contribution in [2.75, 3.05) is 13.6 Å². The number of nitrogens with zero attached hydrogens (tertiary/aromatic N) is 2. The number of carbonyl (C=O) groups is 1. The zero-order valence-corrected chi connectivity index (χ0v) is 11.7.